The van der Waals surface area contributed by atoms with Gasteiger partial charge in [0.05, 0.1) is 5.75 Å². The molecule has 2 aliphatic rings. The molecule has 1 aromatic heterocycles. The molecule has 4 rings (SSSR count). The van der Waals surface area contributed by atoms with E-state index in [1.54, 1.807) is 0 Å². The van der Waals surface area contributed by atoms with Gasteiger partial charge in [-0.05, 0) is 42.1 Å². The maximum atomic E-state index is 12.8. The monoisotopic (exact) mass is 482 g/mol. The summed E-state index contributed by atoms with van der Waals surface area (Å²) in [4.78, 5) is 12.8. The third-order valence-corrected chi connectivity index (χ3v) is 8.94. The fourth-order valence-corrected chi connectivity index (χ4v) is 6.34. The van der Waals surface area contributed by atoms with Gasteiger partial charge in [0.25, 0.3) is 0 Å². The van der Waals surface area contributed by atoms with E-state index in [-0.39, 0.29) is 11.3 Å². The van der Waals surface area contributed by atoms with Crippen molar-refractivity contribution >= 4 is 17.7 Å². The third kappa shape index (κ3) is 5.87. The normalized spacial score (nSPS) is 24.2. The lowest BCUT2D eigenvalue weighted by molar-refractivity contribution is -0.120. The van der Waals surface area contributed by atoms with E-state index >= 15 is 0 Å². The third-order valence-electron chi connectivity index (χ3n) is 8.00. The lowest BCUT2D eigenvalue weighted by atomic mass is 9.78. The van der Waals surface area contributed by atoms with Crippen LogP contribution in [0.5, 0.6) is 0 Å². The Morgan fingerprint density at radius 2 is 1.71 bits per heavy atom. The molecule has 1 N–H and O–H groups in total. The van der Waals surface area contributed by atoms with Crippen molar-refractivity contribution in [3.63, 3.8) is 0 Å². The Kier molecular flexibility index (Phi) is 8.06. The molecule has 34 heavy (non-hydrogen) atoms. The van der Waals surface area contributed by atoms with Crippen LogP contribution in [-0.2, 0) is 10.2 Å². The number of thioether (sulfide) groups is 1. The molecule has 0 aliphatic heterocycles. The number of carbonyl (C=O) groups excluding carboxylic acids is 1. The first kappa shape index (κ1) is 25.3. The highest BCUT2D eigenvalue weighted by molar-refractivity contribution is 7.99. The Morgan fingerprint density at radius 1 is 1.00 bits per heavy atom. The van der Waals surface area contributed by atoms with Crippen molar-refractivity contribution in [1.82, 2.24) is 20.1 Å². The average Bonchev–Trinajstić information content (AvgIpc) is 3.25. The highest BCUT2D eigenvalue weighted by atomic mass is 32.2. The summed E-state index contributed by atoms with van der Waals surface area (Å²) in [5, 5.41) is 13.4. The van der Waals surface area contributed by atoms with Gasteiger partial charge >= 0.3 is 0 Å². The van der Waals surface area contributed by atoms with Crippen molar-refractivity contribution in [2.24, 2.45) is 11.8 Å². The number of aromatic nitrogens is 3. The Bertz CT molecular complexity index is 956. The zero-order chi connectivity index (χ0) is 24.3. The molecule has 186 valence electrons. The van der Waals surface area contributed by atoms with E-state index in [1.165, 1.54) is 49.4 Å². The van der Waals surface area contributed by atoms with Crippen LogP contribution in [0.2, 0.25) is 0 Å². The Labute approximate surface area is 209 Å². The predicted molar refractivity (Wildman–Crippen MR) is 141 cm³/mol. The van der Waals surface area contributed by atoms with Crippen LogP contribution in [0.3, 0.4) is 0 Å². The number of rotatable bonds is 6. The van der Waals surface area contributed by atoms with Crippen molar-refractivity contribution in [3.05, 3.63) is 29.8 Å². The van der Waals surface area contributed by atoms with E-state index in [0.717, 1.165) is 35.8 Å². The van der Waals surface area contributed by atoms with Crippen molar-refractivity contribution in [2.45, 2.75) is 109 Å². The maximum absolute atomic E-state index is 12.8. The summed E-state index contributed by atoms with van der Waals surface area (Å²) < 4.78 is 2.33. The topological polar surface area (TPSA) is 59.8 Å². The van der Waals surface area contributed by atoms with Gasteiger partial charge in [0.2, 0.25) is 5.91 Å². The molecule has 6 heteroatoms. The number of benzene rings is 1. The molecule has 0 radical (unpaired) electrons. The summed E-state index contributed by atoms with van der Waals surface area (Å²) in [6.45, 7) is 11.3. The molecule has 5 nitrogen and oxygen atoms in total. The van der Waals surface area contributed by atoms with Gasteiger partial charge in [0.1, 0.15) is 0 Å². The fourth-order valence-electron chi connectivity index (χ4n) is 5.52. The van der Waals surface area contributed by atoms with Gasteiger partial charge in [-0.3, -0.25) is 9.36 Å². The minimum absolute atomic E-state index is 0.116. The van der Waals surface area contributed by atoms with Gasteiger partial charge in [0, 0.05) is 17.6 Å². The van der Waals surface area contributed by atoms with Crippen LogP contribution in [0, 0.1) is 11.8 Å². The van der Waals surface area contributed by atoms with Gasteiger partial charge < -0.3 is 5.32 Å². The van der Waals surface area contributed by atoms with E-state index in [2.05, 4.69) is 79.0 Å². The summed E-state index contributed by atoms with van der Waals surface area (Å²) in [5.74, 6) is 2.66. The van der Waals surface area contributed by atoms with Gasteiger partial charge in [-0.15, -0.1) is 10.2 Å². The molecular formula is C28H42N4OS. The molecule has 2 fully saturated rings. The molecule has 0 saturated heterocycles. The molecule has 2 aromatic rings. The number of carbonyl (C=O) groups is 1. The zero-order valence-corrected chi connectivity index (χ0v) is 22.5. The summed E-state index contributed by atoms with van der Waals surface area (Å²) in [5.41, 5.74) is 2.54. The molecule has 1 heterocycles. The minimum atomic E-state index is 0.116. The second-order valence-electron chi connectivity index (χ2n) is 11.5. The second kappa shape index (κ2) is 10.8. The molecular weight excluding hydrogens is 440 g/mol. The highest BCUT2D eigenvalue weighted by Gasteiger charge is 2.29. The van der Waals surface area contributed by atoms with Crippen LogP contribution in [0.1, 0.15) is 97.6 Å². The summed E-state index contributed by atoms with van der Waals surface area (Å²) in [6.07, 6.45) is 9.67. The average molecular weight is 483 g/mol. The van der Waals surface area contributed by atoms with E-state index < -0.39 is 0 Å². The van der Waals surface area contributed by atoms with Crippen LogP contribution in [0.25, 0.3) is 11.4 Å². The van der Waals surface area contributed by atoms with Crippen LogP contribution >= 0.6 is 11.8 Å². The maximum Gasteiger partial charge on any atom is 0.230 e. The summed E-state index contributed by atoms with van der Waals surface area (Å²) in [6, 6.07) is 9.48. The Hall–Kier alpha value is -1.82. The molecule has 1 aromatic carbocycles. The Balaban J connectivity index is 1.51. The van der Waals surface area contributed by atoms with Crippen molar-refractivity contribution < 1.29 is 4.79 Å². The molecule has 0 spiro atoms. The van der Waals surface area contributed by atoms with Crippen LogP contribution in [0.4, 0.5) is 0 Å². The van der Waals surface area contributed by atoms with Crippen LogP contribution in [-0.4, -0.2) is 32.5 Å². The van der Waals surface area contributed by atoms with E-state index in [4.69, 9.17) is 0 Å². The highest BCUT2D eigenvalue weighted by Crippen LogP contribution is 2.36. The standard InChI is InChI=1S/C28H42N4OS/c1-19-10-9-13-24(20(19)2)29-25(33)18-34-27-31-30-26(32(27)23-11-7-6-8-12-23)21-14-16-22(17-15-21)28(3,4)5/h14-17,19-20,23-24H,6-13,18H2,1-5H3,(H,29,33). The minimum Gasteiger partial charge on any atom is -0.352 e. The smallest absolute Gasteiger partial charge is 0.230 e. The molecule has 3 unspecified atom stereocenters. The molecule has 2 aliphatic carbocycles. The molecule has 0 bridgehead atoms. The molecule has 3 atom stereocenters. The van der Waals surface area contributed by atoms with Crippen LogP contribution < -0.4 is 5.32 Å². The van der Waals surface area contributed by atoms with Gasteiger partial charge in [-0.1, -0.05) is 103 Å². The largest absolute Gasteiger partial charge is 0.352 e. The van der Waals surface area contributed by atoms with E-state index in [9.17, 15) is 4.79 Å². The van der Waals surface area contributed by atoms with E-state index in [1.807, 2.05) is 0 Å². The predicted octanol–water partition coefficient (Wildman–Crippen LogP) is 6.78. The molecule has 1 amide bonds. The number of nitrogens with zero attached hydrogens (tertiary/aromatic N) is 3. The second-order valence-corrected chi connectivity index (χ2v) is 12.5. The van der Waals surface area contributed by atoms with Crippen molar-refractivity contribution in [2.75, 3.05) is 5.75 Å². The SMILES string of the molecule is CC1CCCC(NC(=O)CSc2nnc(-c3ccc(C(C)(C)C)cc3)n2C2CCCCC2)C1C. The summed E-state index contributed by atoms with van der Waals surface area (Å²) >= 11 is 1.54. The number of nitrogens with one attached hydrogen (secondary N) is 1. The zero-order valence-electron chi connectivity index (χ0n) is 21.6. The van der Waals surface area contributed by atoms with Gasteiger partial charge in [0.15, 0.2) is 11.0 Å². The number of hydrogen-bond donors (Lipinski definition) is 1. The lowest BCUT2D eigenvalue weighted by Crippen LogP contribution is -2.44. The van der Waals surface area contributed by atoms with Crippen molar-refractivity contribution in [3.8, 4) is 11.4 Å². The fraction of sp³-hybridized carbons (Fsp3) is 0.679. The number of hydrogen-bond acceptors (Lipinski definition) is 4. The van der Waals surface area contributed by atoms with Gasteiger partial charge in [-0.25, -0.2) is 0 Å². The first-order valence-corrected chi connectivity index (χ1v) is 14.2. The Morgan fingerprint density at radius 3 is 2.38 bits per heavy atom. The lowest BCUT2D eigenvalue weighted by Gasteiger charge is -2.34. The van der Waals surface area contributed by atoms with E-state index in [0.29, 0.717) is 29.7 Å². The van der Waals surface area contributed by atoms with Crippen molar-refractivity contribution in [1.29, 1.82) is 0 Å². The molecule has 2 saturated carbocycles. The number of amides is 1. The quantitative estimate of drug-likeness (QED) is 0.461. The first-order chi connectivity index (χ1) is 16.2. The summed E-state index contributed by atoms with van der Waals surface area (Å²) in [7, 11) is 0. The van der Waals surface area contributed by atoms with Gasteiger partial charge in [-0.2, -0.15) is 0 Å². The first-order valence-electron chi connectivity index (χ1n) is 13.2. The van der Waals surface area contributed by atoms with Crippen LogP contribution in [0.15, 0.2) is 29.4 Å².